The molecule has 2 aromatic carbocycles. The van der Waals surface area contributed by atoms with E-state index in [4.69, 9.17) is 14.6 Å². The van der Waals surface area contributed by atoms with Crippen molar-refractivity contribution in [3.05, 3.63) is 62.7 Å². The third kappa shape index (κ3) is 3.37. The molecular formula is C20H14N2O10. The van der Waals surface area contributed by atoms with Crippen molar-refractivity contribution in [2.75, 3.05) is 13.2 Å². The van der Waals surface area contributed by atoms with Gasteiger partial charge in [-0.05, 0) is 24.3 Å². The van der Waals surface area contributed by atoms with Crippen LogP contribution < -0.4 is 9.47 Å². The summed E-state index contributed by atoms with van der Waals surface area (Å²) in [5.41, 5.74) is -1.38. The standard InChI is InChI=1S/C20H14N2O10/c23-17(24)8-13(12-6-15-16(32-4-3-31-15)7-14(12)22(29)30)21-18(25)10-2-1-9(20(27)28)5-11(10)19(21)26/h1-2,5-7,13H,3-4,8H2,(H,23,24)(H,27,28). The van der Waals surface area contributed by atoms with Crippen molar-refractivity contribution in [3.8, 4) is 11.5 Å². The molecule has 0 aromatic heterocycles. The fraction of sp³-hybridized carbons (Fsp3) is 0.200. The van der Waals surface area contributed by atoms with Crippen LogP contribution in [0.25, 0.3) is 0 Å². The molecular weight excluding hydrogens is 428 g/mol. The number of hydrogen-bond acceptors (Lipinski definition) is 8. The number of nitro groups is 1. The molecule has 32 heavy (non-hydrogen) atoms. The van der Waals surface area contributed by atoms with E-state index in [0.29, 0.717) is 4.90 Å². The van der Waals surface area contributed by atoms with Gasteiger partial charge in [-0.25, -0.2) is 4.79 Å². The number of imide groups is 1. The number of rotatable bonds is 6. The maximum absolute atomic E-state index is 13.0. The van der Waals surface area contributed by atoms with Gasteiger partial charge in [0.2, 0.25) is 0 Å². The van der Waals surface area contributed by atoms with Crippen LogP contribution in [0.4, 0.5) is 5.69 Å². The number of aromatic carboxylic acids is 1. The van der Waals surface area contributed by atoms with Gasteiger partial charge in [-0.1, -0.05) is 0 Å². The maximum atomic E-state index is 13.0. The molecule has 0 spiro atoms. The summed E-state index contributed by atoms with van der Waals surface area (Å²) in [7, 11) is 0. The lowest BCUT2D eigenvalue weighted by Crippen LogP contribution is -2.36. The van der Waals surface area contributed by atoms with Crippen LogP contribution >= 0.6 is 0 Å². The molecule has 0 fully saturated rings. The van der Waals surface area contributed by atoms with Gasteiger partial charge >= 0.3 is 11.9 Å². The Morgan fingerprint density at radius 1 is 1.03 bits per heavy atom. The van der Waals surface area contributed by atoms with Crippen LogP contribution in [-0.4, -0.2) is 57.0 Å². The second kappa shape index (κ2) is 7.65. The number of ether oxygens (including phenoxy) is 2. The summed E-state index contributed by atoms with van der Waals surface area (Å²) < 4.78 is 10.8. The van der Waals surface area contributed by atoms with E-state index in [2.05, 4.69) is 0 Å². The van der Waals surface area contributed by atoms with Crippen LogP contribution in [-0.2, 0) is 4.79 Å². The van der Waals surface area contributed by atoms with E-state index in [1.807, 2.05) is 0 Å². The Balaban J connectivity index is 1.86. The summed E-state index contributed by atoms with van der Waals surface area (Å²) in [5.74, 6) is -4.40. The van der Waals surface area contributed by atoms with Gasteiger partial charge in [0.1, 0.15) is 13.2 Å². The molecule has 2 N–H and O–H groups in total. The van der Waals surface area contributed by atoms with E-state index >= 15 is 0 Å². The normalized spacial score (nSPS) is 15.3. The summed E-state index contributed by atoms with van der Waals surface area (Å²) in [6.07, 6.45) is -0.822. The molecule has 0 aliphatic carbocycles. The van der Waals surface area contributed by atoms with Gasteiger partial charge in [-0.3, -0.25) is 29.4 Å². The number of carboxylic acids is 2. The quantitative estimate of drug-likeness (QED) is 0.382. The van der Waals surface area contributed by atoms with Gasteiger partial charge in [0.15, 0.2) is 11.5 Å². The minimum atomic E-state index is -1.55. The van der Waals surface area contributed by atoms with Crippen molar-refractivity contribution in [1.29, 1.82) is 0 Å². The van der Waals surface area contributed by atoms with E-state index in [-0.39, 0.29) is 47.0 Å². The molecule has 2 aliphatic rings. The van der Waals surface area contributed by atoms with Gasteiger partial charge < -0.3 is 19.7 Å². The lowest BCUT2D eigenvalue weighted by atomic mass is 9.99. The van der Waals surface area contributed by atoms with Crippen LogP contribution in [0.5, 0.6) is 11.5 Å². The average molecular weight is 442 g/mol. The van der Waals surface area contributed by atoms with E-state index in [9.17, 15) is 34.4 Å². The van der Waals surface area contributed by atoms with Crippen LogP contribution in [0.3, 0.4) is 0 Å². The molecule has 0 saturated heterocycles. The minimum Gasteiger partial charge on any atom is -0.486 e. The number of aliphatic carboxylic acids is 1. The molecule has 12 nitrogen and oxygen atoms in total. The smallest absolute Gasteiger partial charge is 0.335 e. The molecule has 0 radical (unpaired) electrons. The van der Waals surface area contributed by atoms with Crippen LogP contribution in [0.1, 0.15) is 49.1 Å². The van der Waals surface area contributed by atoms with Crippen molar-refractivity contribution in [1.82, 2.24) is 4.90 Å². The highest BCUT2D eigenvalue weighted by Gasteiger charge is 2.44. The molecule has 2 amide bonds. The van der Waals surface area contributed by atoms with Crippen LogP contribution in [0, 0.1) is 10.1 Å². The zero-order chi connectivity index (χ0) is 23.2. The Morgan fingerprint density at radius 2 is 1.66 bits per heavy atom. The van der Waals surface area contributed by atoms with Crippen LogP contribution in [0.15, 0.2) is 30.3 Å². The molecule has 2 aromatic rings. The SMILES string of the molecule is O=C(O)CC(c1cc2c(cc1[N+](=O)[O-])OCCO2)N1C(=O)c2ccc(C(=O)O)cc2C1=O. The third-order valence-electron chi connectivity index (χ3n) is 5.09. The maximum Gasteiger partial charge on any atom is 0.335 e. The monoisotopic (exact) mass is 442 g/mol. The molecule has 164 valence electrons. The van der Waals surface area contributed by atoms with Crippen molar-refractivity contribution in [2.24, 2.45) is 0 Å². The average Bonchev–Trinajstić information content (AvgIpc) is 3.00. The topological polar surface area (TPSA) is 174 Å². The number of benzene rings is 2. The number of fused-ring (bicyclic) bond motifs is 2. The fourth-order valence-electron chi connectivity index (χ4n) is 3.70. The Labute approximate surface area is 178 Å². The number of nitro benzene ring substituents is 1. The summed E-state index contributed by atoms with van der Waals surface area (Å²) >= 11 is 0. The van der Waals surface area contributed by atoms with Crippen molar-refractivity contribution in [3.63, 3.8) is 0 Å². The molecule has 2 aliphatic heterocycles. The number of nitrogens with zero attached hydrogens (tertiary/aromatic N) is 2. The highest BCUT2D eigenvalue weighted by atomic mass is 16.6. The molecule has 0 saturated carbocycles. The van der Waals surface area contributed by atoms with E-state index in [1.54, 1.807) is 0 Å². The minimum absolute atomic E-state index is 0.0780. The highest BCUT2D eigenvalue weighted by molar-refractivity contribution is 6.22. The number of carbonyl (C=O) groups excluding carboxylic acids is 2. The lowest BCUT2D eigenvalue weighted by molar-refractivity contribution is -0.386. The molecule has 1 atom stereocenters. The zero-order valence-corrected chi connectivity index (χ0v) is 16.1. The van der Waals surface area contributed by atoms with Crippen molar-refractivity contribution < 1.29 is 43.8 Å². The fourth-order valence-corrected chi connectivity index (χ4v) is 3.70. The third-order valence-corrected chi connectivity index (χ3v) is 5.09. The van der Waals surface area contributed by atoms with Gasteiger partial charge in [0.05, 0.1) is 45.7 Å². The predicted octanol–water partition coefficient (Wildman–Crippen LogP) is 1.88. The second-order valence-electron chi connectivity index (χ2n) is 6.97. The van der Waals surface area contributed by atoms with Crippen molar-refractivity contribution in [2.45, 2.75) is 12.5 Å². The number of carboxylic acid groups (broad SMARTS) is 2. The zero-order valence-electron chi connectivity index (χ0n) is 16.1. The van der Waals surface area contributed by atoms with Crippen molar-refractivity contribution >= 4 is 29.4 Å². The van der Waals surface area contributed by atoms with E-state index in [1.165, 1.54) is 6.07 Å². The Morgan fingerprint density at radius 3 is 2.25 bits per heavy atom. The molecule has 4 rings (SSSR count). The predicted molar refractivity (Wildman–Crippen MR) is 103 cm³/mol. The van der Waals surface area contributed by atoms with Gasteiger partial charge in [0.25, 0.3) is 17.5 Å². The molecule has 12 heteroatoms. The van der Waals surface area contributed by atoms with Gasteiger partial charge in [-0.15, -0.1) is 0 Å². The molecule has 2 heterocycles. The number of amides is 2. The Kier molecular flexibility index (Phi) is 4.97. The number of carbonyl (C=O) groups is 4. The lowest BCUT2D eigenvalue weighted by Gasteiger charge is -2.27. The van der Waals surface area contributed by atoms with Gasteiger partial charge in [-0.2, -0.15) is 0 Å². The Bertz CT molecular complexity index is 1210. The first-order valence-corrected chi connectivity index (χ1v) is 9.24. The van der Waals surface area contributed by atoms with Crippen LogP contribution in [0.2, 0.25) is 0 Å². The molecule has 0 bridgehead atoms. The summed E-state index contributed by atoms with van der Waals surface area (Å²) in [6.45, 7) is 0.311. The summed E-state index contributed by atoms with van der Waals surface area (Å²) in [4.78, 5) is 60.4. The van der Waals surface area contributed by atoms with Gasteiger partial charge in [0, 0.05) is 0 Å². The largest absolute Gasteiger partial charge is 0.486 e. The highest BCUT2D eigenvalue weighted by Crippen LogP contribution is 2.43. The summed E-state index contributed by atoms with van der Waals surface area (Å²) in [6, 6.07) is 3.98. The first-order chi connectivity index (χ1) is 15.2. The first-order valence-electron chi connectivity index (χ1n) is 9.24. The Hall–Kier alpha value is -4.48. The molecule has 1 unspecified atom stereocenters. The number of hydrogen-bond donors (Lipinski definition) is 2. The summed E-state index contributed by atoms with van der Waals surface area (Å²) in [5, 5.41) is 30.3. The first kappa shape index (κ1) is 20.8. The second-order valence-corrected chi connectivity index (χ2v) is 6.97. The van der Waals surface area contributed by atoms with E-state index in [0.717, 1.165) is 24.3 Å². The van der Waals surface area contributed by atoms with E-state index < -0.39 is 46.8 Å².